The maximum Gasteiger partial charge on any atom is 1.00 e. The maximum atomic E-state index is 9.44. The SMILES string of the molecule is CC(=O)[O-].CC(C)=O.[Na+]. The van der Waals surface area contributed by atoms with Crippen LogP contribution >= 0.6 is 0 Å². The molecule has 0 rings (SSSR count). The van der Waals surface area contributed by atoms with Gasteiger partial charge in [0.2, 0.25) is 0 Å². The molecular weight excluding hydrogens is 131 g/mol. The second-order valence-corrected chi connectivity index (χ2v) is 1.40. The van der Waals surface area contributed by atoms with Crippen molar-refractivity contribution in [2.75, 3.05) is 0 Å². The molecule has 9 heavy (non-hydrogen) atoms. The number of carbonyl (C=O) groups is 2. The molecule has 0 aromatic heterocycles. The van der Waals surface area contributed by atoms with Crippen LogP contribution in [0.5, 0.6) is 0 Å². The fraction of sp³-hybridized carbons (Fsp3) is 0.600. The van der Waals surface area contributed by atoms with Crippen molar-refractivity contribution in [1.29, 1.82) is 0 Å². The van der Waals surface area contributed by atoms with E-state index in [1.807, 2.05) is 0 Å². The van der Waals surface area contributed by atoms with Crippen molar-refractivity contribution in [3.8, 4) is 0 Å². The number of ketones is 1. The van der Waals surface area contributed by atoms with Crippen molar-refractivity contribution >= 4 is 11.8 Å². The molecule has 0 aromatic carbocycles. The molecule has 4 heteroatoms. The van der Waals surface area contributed by atoms with Crippen LogP contribution in [0.1, 0.15) is 20.8 Å². The van der Waals surface area contributed by atoms with Crippen molar-refractivity contribution in [3.05, 3.63) is 0 Å². The molecule has 0 saturated carbocycles. The summed E-state index contributed by atoms with van der Waals surface area (Å²) in [6, 6.07) is 0. The maximum absolute atomic E-state index is 9.44. The van der Waals surface area contributed by atoms with Crippen LogP contribution in [0.4, 0.5) is 0 Å². The van der Waals surface area contributed by atoms with Gasteiger partial charge < -0.3 is 14.7 Å². The van der Waals surface area contributed by atoms with Crippen LogP contribution in [0.25, 0.3) is 0 Å². The predicted molar refractivity (Wildman–Crippen MR) is 27.0 cm³/mol. The van der Waals surface area contributed by atoms with Crippen molar-refractivity contribution in [1.82, 2.24) is 0 Å². The molecule has 0 aliphatic carbocycles. The van der Waals surface area contributed by atoms with E-state index in [2.05, 4.69) is 0 Å². The Bertz CT molecular complexity index is 70.2. The fourth-order valence-electron chi connectivity index (χ4n) is 0. The predicted octanol–water partition coefficient (Wildman–Crippen LogP) is -3.64. The zero-order chi connectivity index (χ0) is 7.15. The third kappa shape index (κ3) is 15700. The van der Waals surface area contributed by atoms with Gasteiger partial charge in [-0.3, -0.25) is 0 Å². The van der Waals surface area contributed by atoms with Crippen LogP contribution in [0, 0.1) is 0 Å². The van der Waals surface area contributed by atoms with E-state index in [1.54, 1.807) is 0 Å². The number of aliphatic carboxylic acids is 1. The quantitative estimate of drug-likeness (QED) is 0.326. The van der Waals surface area contributed by atoms with Crippen LogP contribution < -0.4 is 34.7 Å². The van der Waals surface area contributed by atoms with Gasteiger partial charge in [-0.2, -0.15) is 0 Å². The van der Waals surface area contributed by atoms with Crippen molar-refractivity contribution in [2.24, 2.45) is 0 Å². The molecule has 0 heterocycles. The van der Waals surface area contributed by atoms with E-state index in [0.29, 0.717) is 0 Å². The molecule has 0 radical (unpaired) electrons. The van der Waals surface area contributed by atoms with Gasteiger partial charge >= 0.3 is 29.6 Å². The molecular formula is C5H9NaO3. The first kappa shape index (κ1) is 16.1. The molecule has 0 saturated heterocycles. The van der Waals surface area contributed by atoms with Gasteiger partial charge in [0.05, 0.1) is 0 Å². The molecule has 0 aliphatic rings. The molecule has 0 aliphatic heterocycles. The van der Waals surface area contributed by atoms with E-state index in [0.717, 1.165) is 6.92 Å². The first-order valence-electron chi connectivity index (χ1n) is 2.11. The van der Waals surface area contributed by atoms with E-state index < -0.39 is 5.97 Å². The zero-order valence-corrected chi connectivity index (χ0v) is 8.22. The van der Waals surface area contributed by atoms with Crippen molar-refractivity contribution in [3.63, 3.8) is 0 Å². The summed E-state index contributed by atoms with van der Waals surface area (Å²) in [4.78, 5) is 18.3. The van der Waals surface area contributed by atoms with E-state index in [4.69, 9.17) is 9.90 Å². The van der Waals surface area contributed by atoms with Crippen LogP contribution in [0.2, 0.25) is 0 Å². The Morgan fingerprint density at radius 2 is 1.11 bits per heavy atom. The summed E-state index contributed by atoms with van der Waals surface area (Å²) >= 11 is 0. The van der Waals surface area contributed by atoms with Gasteiger partial charge in [0.1, 0.15) is 5.78 Å². The third-order valence-electron chi connectivity index (χ3n) is 0. The molecule has 0 amide bonds. The van der Waals surface area contributed by atoms with Gasteiger partial charge in [-0.25, -0.2) is 0 Å². The Balaban J connectivity index is -0.0000000720. The molecule has 0 N–H and O–H groups in total. The summed E-state index contributed by atoms with van der Waals surface area (Å²) in [5.41, 5.74) is 0. The standard InChI is InChI=1S/C3H6O.C2H4O2.Na/c1-3(2)4;1-2(3)4;/h1-2H3;1H3,(H,3,4);/q;;+1/p-1. The van der Waals surface area contributed by atoms with Gasteiger partial charge in [0.25, 0.3) is 0 Å². The average molecular weight is 140 g/mol. The minimum atomic E-state index is -1.08. The number of Topliss-reactive ketones (excluding diaryl/α,β-unsaturated/α-hetero) is 1. The van der Waals surface area contributed by atoms with Gasteiger partial charge in [0, 0.05) is 5.97 Å². The number of hydrogen-bond donors (Lipinski definition) is 0. The zero-order valence-electron chi connectivity index (χ0n) is 6.22. The Kier molecular flexibility index (Phi) is 19.6. The van der Waals surface area contributed by atoms with E-state index in [1.165, 1.54) is 13.8 Å². The Morgan fingerprint density at radius 3 is 1.11 bits per heavy atom. The Labute approximate surface area is 76.7 Å². The van der Waals surface area contributed by atoms with Gasteiger partial charge in [-0.1, -0.05) is 0 Å². The van der Waals surface area contributed by atoms with Crippen LogP contribution in [-0.2, 0) is 9.59 Å². The minimum Gasteiger partial charge on any atom is -0.550 e. The Hall–Kier alpha value is 0.140. The van der Waals surface area contributed by atoms with E-state index >= 15 is 0 Å². The van der Waals surface area contributed by atoms with Gasteiger partial charge in [0.15, 0.2) is 0 Å². The summed E-state index contributed by atoms with van der Waals surface area (Å²) in [6.07, 6.45) is 0. The smallest absolute Gasteiger partial charge is 0.550 e. The first-order chi connectivity index (χ1) is 3.46. The number of hydrogen-bond acceptors (Lipinski definition) is 3. The van der Waals surface area contributed by atoms with Crippen molar-refractivity contribution < 1.29 is 44.3 Å². The number of carbonyl (C=O) groups excluding carboxylic acids is 2. The van der Waals surface area contributed by atoms with Crippen LogP contribution in [0.3, 0.4) is 0 Å². The Morgan fingerprint density at radius 1 is 1.11 bits per heavy atom. The summed E-state index contributed by atoms with van der Waals surface area (Å²) in [5.74, 6) is -0.917. The summed E-state index contributed by atoms with van der Waals surface area (Å²) in [5, 5.41) is 8.89. The molecule has 0 aromatic rings. The van der Waals surface area contributed by atoms with Crippen LogP contribution in [-0.4, -0.2) is 11.8 Å². The molecule has 0 spiro atoms. The van der Waals surface area contributed by atoms with Gasteiger partial charge in [-0.15, -0.1) is 0 Å². The van der Waals surface area contributed by atoms with Crippen LogP contribution in [0.15, 0.2) is 0 Å². The monoisotopic (exact) mass is 140 g/mol. The molecule has 48 valence electrons. The average Bonchev–Trinajstić information content (AvgIpc) is 1.25. The molecule has 0 bridgehead atoms. The molecule has 0 atom stereocenters. The van der Waals surface area contributed by atoms with E-state index in [9.17, 15) is 4.79 Å². The molecule has 0 fully saturated rings. The summed E-state index contributed by atoms with van der Waals surface area (Å²) in [6.45, 7) is 4.03. The van der Waals surface area contributed by atoms with Gasteiger partial charge in [-0.05, 0) is 20.8 Å². The van der Waals surface area contributed by atoms with E-state index in [-0.39, 0.29) is 35.3 Å². The fourth-order valence-corrected chi connectivity index (χ4v) is 0. The number of rotatable bonds is 0. The normalized spacial score (nSPS) is 5.67. The summed E-state index contributed by atoms with van der Waals surface area (Å²) < 4.78 is 0. The molecule has 0 unspecified atom stereocenters. The minimum absolute atomic E-state index is 0. The largest absolute Gasteiger partial charge is 1.00 e. The second kappa shape index (κ2) is 11.0. The first-order valence-corrected chi connectivity index (χ1v) is 2.11. The molecule has 3 nitrogen and oxygen atoms in total. The number of carboxylic acids is 1. The second-order valence-electron chi connectivity index (χ2n) is 1.40. The summed E-state index contributed by atoms with van der Waals surface area (Å²) in [7, 11) is 0. The third-order valence-corrected chi connectivity index (χ3v) is 0. The topological polar surface area (TPSA) is 57.2 Å². The van der Waals surface area contributed by atoms with Crippen molar-refractivity contribution in [2.45, 2.75) is 20.8 Å². The number of carboxylic acid groups (broad SMARTS) is 1.